The molecule has 2 heterocycles. The first kappa shape index (κ1) is 11.5. The second kappa shape index (κ2) is 4.92. The van der Waals surface area contributed by atoms with Gasteiger partial charge in [-0.3, -0.25) is 4.98 Å². The quantitative estimate of drug-likeness (QED) is 0.826. The molecule has 0 radical (unpaired) electrons. The van der Waals surface area contributed by atoms with E-state index in [1.807, 2.05) is 0 Å². The Hall–Kier alpha value is -1.95. The van der Waals surface area contributed by atoms with Gasteiger partial charge in [-0.15, -0.1) is 0 Å². The second-order valence-corrected chi connectivity index (χ2v) is 3.37. The van der Waals surface area contributed by atoms with Gasteiger partial charge < -0.3 is 9.47 Å². The summed E-state index contributed by atoms with van der Waals surface area (Å²) in [4.78, 5) is 15.9. The normalized spacial score (nSPS) is 10.1. The molecular formula is C10H9ClN4O2. The molecule has 0 atom stereocenters. The molecule has 0 unspecified atom stereocenters. The average Bonchev–Trinajstić information content (AvgIpc) is 2.38. The summed E-state index contributed by atoms with van der Waals surface area (Å²) in [5, 5.41) is 0.0645. The minimum atomic E-state index is 0.0645. The van der Waals surface area contributed by atoms with Gasteiger partial charge in [-0.2, -0.15) is 15.0 Å². The van der Waals surface area contributed by atoms with Gasteiger partial charge in [0.25, 0.3) is 0 Å². The van der Waals surface area contributed by atoms with Crippen molar-refractivity contribution in [3.05, 3.63) is 23.7 Å². The van der Waals surface area contributed by atoms with E-state index in [1.165, 1.54) is 7.11 Å². The molecule has 88 valence electrons. The third-order valence-electron chi connectivity index (χ3n) is 1.98. The Morgan fingerprint density at radius 2 is 1.88 bits per heavy atom. The van der Waals surface area contributed by atoms with E-state index in [0.717, 1.165) is 0 Å². The Morgan fingerprint density at radius 1 is 1.06 bits per heavy atom. The Kier molecular flexibility index (Phi) is 3.34. The third kappa shape index (κ3) is 2.59. The molecular weight excluding hydrogens is 244 g/mol. The summed E-state index contributed by atoms with van der Waals surface area (Å²) in [6, 6.07) is 1.90. The minimum Gasteiger partial charge on any atom is -0.495 e. The van der Waals surface area contributed by atoms with E-state index in [0.29, 0.717) is 17.1 Å². The number of nitrogens with zero attached hydrogens (tertiary/aromatic N) is 4. The molecule has 0 aliphatic heterocycles. The molecule has 17 heavy (non-hydrogen) atoms. The van der Waals surface area contributed by atoms with Gasteiger partial charge in [-0.1, -0.05) is 0 Å². The van der Waals surface area contributed by atoms with E-state index < -0.39 is 0 Å². The smallest absolute Gasteiger partial charge is 0.321 e. The molecule has 7 heteroatoms. The molecule has 0 fully saturated rings. The first-order valence-corrected chi connectivity index (χ1v) is 5.05. The van der Waals surface area contributed by atoms with E-state index >= 15 is 0 Å². The van der Waals surface area contributed by atoms with Crippen LogP contribution in [0.4, 0.5) is 0 Å². The van der Waals surface area contributed by atoms with E-state index in [-0.39, 0.29) is 11.3 Å². The van der Waals surface area contributed by atoms with Crippen molar-refractivity contribution in [2.24, 2.45) is 0 Å². The summed E-state index contributed by atoms with van der Waals surface area (Å²) in [5.41, 5.74) is 0.673. The van der Waals surface area contributed by atoms with Gasteiger partial charge in [0.1, 0.15) is 5.75 Å². The summed E-state index contributed by atoms with van der Waals surface area (Å²) in [5.74, 6) is 0.992. The molecule has 6 nitrogen and oxygen atoms in total. The number of hydrogen-bond acceptors (Lipinski definition) is 6. The molecule has 0 aliphatic carbocycles. The fourth-order valence-electron chi connectivity index (χ4n) is 1.21. The zero-order chi connectivity index (χ0) is 12.3. The topological polar surface area (TPSA) is 70.0 Å². The first-order valence-electron chi connectivity index (χ1n) is 4.68. The van der Waals surface area contributed by atoms with Crippen LogP contribution in [-0.4, -0.2) is 34.2 Å². The van der Waals surface area contributed by atoms with Crippen molar-refractivity contribution in [3.8, 4) is 23.1 Å². The van der Waals surface area contributed by atoms with Gasteiger partial charge in [0.15, 0.2) is 5.82 Å². The summed E-state index contributed by atoms with van der Waals surface area (Å²) in [6.45, 7) is 0. The van der Waals surface area contributed by atoms with Gasteiger partial charge in [0.2, 0.25) is 5.28 Å². The number of halogens is 1. The Bertz CT molecular complexity index is 535. The molecule has 2 rings (SSSR count). The lowest BCUT2D eigenvalue weighted by molar-refractivity contribution is 0.378. The number of methoxy groups -OCH3 is 2. The van der Waals surface area contributed by atoms with Crippen LogP contribution in [0.2, 0.25) is 5.28 Å². The maximum atomic E-state index is 5.76. The van der Waals surface area contributed by atoms with E-state index in [4.69, 9.17) is 21.1 Å². The van der Waals surface area contributed by atoms with Gasteiger partial charge >= 0.3 is 6.01 Å². The highest BCUT2D eigenvalue weighted by molar-refractivity contribution is 6.28. The summed E-state index contributed by atoms with van der Waals surface area (Å²) < 4.78 is 9.98. The van der Waals surface area contributed by atoms with Crippen LogP contribution in [-0.2, 0) is 0 Å². The van der Waals surface area contributed by atoms with Crippen LogP contribution in [0.15, 0.2) is 18.5 Å². The summed E-state index contributed by atoms with van der Waals surface area (Å²) in [6.07, 6.45) is 3.19. The van der Waals surface area contributed by atoms with Crippen molar-refractivity contribution >= 4 is 11.6 Å². The Balaban J connectivity index is 2.47. The van der Waals surface area contributed by atoms with E-state index in [1.54, 1.807) is 25.6 Å². The van der Waals surface area contributed by atoms with Crippen LogP contribution < -0.4 is 9.47 Å². The highest BCUT2D eigenvalue weighted by atomic mass is 35.5. The van der Waals surface area contributed by atoms with Crippen molar-refractivity contribution in [1.82, 2.24) is 19.9 Å². The number of aromatic nitrogens is 4. The monoisotopic (exact) mass is 252 g/mol. The molecule has 2 aromatic rings. The molecule has 0 aromatic carbocycles. The van der Waals surface area contributed by atoms with Crippen LogP contribution in [0, 0.1) is 0 Å². The highest BCUT2D eigenvalue weighted by Crippen LogP contribution is 2.21. The van der Waals surface area contributed by atoms with Crippen LogP contribution in [0.5, 0.6) is 11.8 Å². The molecule has 0 spiro atoms. The fourth-order valence-corrected chi connectivity index (χ4v) is 1.36. The van der Waals surface area contributed by atoms with Crippen molar-refractivity contribution in [2.75, 3.05) is 14.2 Å². The van der Waals surface area contributed by atoms with Gasteiger partial charge in [-0.05, 0) is 17.7 Å². The Morgan fingerprint density at radius 3 is 2.59 bits per heavy atom. The largest absolute Gasteiger partial charge is 0.495 e. The second-order valence-electron chi connectivity index (χ2n) is 3.03. The van der Waals surface area contributed by atoms with Gasteiger partial charge in [0, 0.05) is 11.8 Å². The van der Waals surface area contributed by atoms with Crippen molar-refractivity contribution in [2.45, 2.75) is 0 Å². The Labute approximate surface area is 103 Å². The zero-order valence-electron chi connectivity index (χ0n) is 9.22. The predicted octanol–water partition coefficient (Wildman–Crippen LogP) is 1.60. The maximum Gasteiger partial charge on any atom is 0.321 e. The van der Waals surface area contributed by atoms with Crippen LogP contribution >= 0.6 is 11.6 Å². The van der Waals surface area contributed by atoms with Crippen molar-refractivity contribution in [3.63, 3.8) is 0 Å². The molecule has 0 bridgehead atoms. The zero-order valence-corrected chi connectivity index (χ0v) is 9.97. The highest BCUT2D eigenvalue weighted by Gasteiger charge is 2.08. The van der Waals surface area contributed by atoms with Gasteiger partial charge in [0.05, 0.1) is 20.4 Å². The standard InChI is InChI=1S/C10H9ClN4O2/c1-16-7-3-6(4-12-5-7)8-13-9(11)15-10(14-8)17-2/h3-5H,1-2H3. The summed E-state index contributed by atoms with van der Waals surface area (Å²) in [7, 11) is 3.01. The SMILES string of the molecule is COc1cncc(-c2nc(Cl)nc(OC)n2)c1. The molecule has 0 saturated heterocycles. The number of rotatable bonds is 3. The van der Waals surface area contributed by atoms with Crippen molar-refractivity contribution < 1.29 is 9.47 Å². The maximum absolute atomic E-state index is 5.76. The number of pyridine rings is 1. The predicted molar refractivity (Wildman–Crippen MR) is 61.2 cm³/mol. The first-order chi connectivity index (χ1) is 8.22. The minimum absolute atomic E-state index is 0.0645. The lowest BCUT2D eigenvalue weighted by Crippen LogP contribution is -1.98. The molecule has 0 N–H and O–H groups in total. The molecule has 0 amide bonds. The van der Waals surface area contributed by atoms with Gasteiger partial charge in [-0.25, -0.2) is 0 Å². The molecule has 0 aliphatic rings. The average molecular weight is 253 g/mol. The van der Waals surface area contributed by atoms with E-state index in [9.17, 15) is 0 Å². The van der Waals surface area contributed by atoms with E-state index in [2.05, 4.69) is 19.9 Å². The van der Waals surface area contributed by atoms with Crippen LogP contribution in [0.25, 0.3) is 11.4 Å². The fraction of sp³-hybridized carbons (Fsp3) is 0.200. The number of hydrogen-bond donors (Lipinski definition) is 0. The van der Waals surface area contributed by atoms with Crippen LogP contribution in [0.3, 0.4) is 0 Å². The number of ether oxygens (including phenoxy) is 2. The lowest BCUT2D eigenvalue weighted by Gasteiger charge is -2.04. The molecule has 2 aromatic heterocycles. The molecule has 0 saturated carbocycles. The third-order valence-corrected chi connectivity index (χ3v) is 2.15. The van der Waals surface area contributed by atoms with Crippen LogP contribution in [0.1, 0.15) is 0 Å². The van der Waals surface area contributed by atoms with Crippen molar-refractivity contribution in [1.29, 1.82) is 0 Å². The lowest BCUT2D eigenvalue weighted by atomic mass is 10.2. The summed E-state index contributed by atoms with van der Waals surface area (Å²) >= 11 is 5.76.